The largest absolute Gasteiger partial charge is 0.423 e. The van der Waals surface area contributed by atoms with E-state index in [2.05, 4.69) is 17.9 Å². The molecule has 1 amide bonds. The van der Waals surface area contributed by atoms with Gasteiger partial charge in [-0.05, 0) is 48.9 Å². The summed E-state index contributed by atoms with van der Waals surface area (Å²) in [6.07, 6.45) is 4.06. The Labute approximate surface area is 153 Å². The Morgan fingerprint density at radius 1 is 1.15 bits per heavy atom. The lowest BCUT2D eigenvalue weighted by Gasteiger charge is -2.22. The van der Waals surface area contributed by atoms with Gasteiger partial charge in [0.15, 0.2) is 0 Å². The SMILES string of the molecule is CCc1ccc2oc(=O)cc(CN3CCCN(C(=O)C4CC4)CC3)c2c1. The zero-order valence-electron chi connectivity index (χ0n) is 15.4. The van der Waals surface area contributed by atoms with Crippen molar-refractivity contribution in [1.82, 2.24) is 9.80 Å². The summed E-state index contributed by atoms with van der Waals surface area (Å²) in [7, 11) is 0. The van der Waals surface area contributed by atoms with Gasteiger partial charge in [-0.25, -0.2) is 4.79 Å². The molecule has 2 aromatic rings. The van der Waals surface area contributed by atoms with Crippen molar-refractivity contribution >= 4 is 16.9 Å². The van der Waals surface area contributed by atoms with Gasteiger partial charge in [-0.1, -0.05) is 13.0 Å². The van der Waals surface area contributed by atoms with E-state index < -0.39 is 0 Å². The van der Waals surface area contributed by atoms with Gasteiger partial charge < -0.3 is 9.32 Å². The van der Waals surface area contributed by atoms with Gasteiger partial charge in [0, 0.05) is 50.1 Å². The molecule has 0 N–H and O–H groups in total. The number of fused-ring (bicyclic) bond motifs is 1. The number of hydrogen-bond donors (Lipinski definition) is 0. The lowest BCUT2D eigenvalue weighted by atomic mass is 10.1. The Hall–Kier alpha value is -2.14. The van der Waals surface area contributed by atoms with Crippen molar-refractivity contribution in [2.45, 2.75) is 39.2 Å². The van der Waals surface area contributed by atoms with E-state index in [1.54, 1.807) is 6.07 Å². The van der Waals surface area contributed by atoms with Crippen LogP contribution in [0.1, 0.15) is 37.3 Å². The highest BCUT2D eigenvalue weighted by molar-refractivity contribution is 5.81. The van der Waals surface area contributed by atoms with Crippen LogP contribution in [0, 0.1) is 5.92 Å². The summed E-state index contributed by atoms with van der Waals surface area (Å²) >= 11 is 0. The number of carbonyl (C=O) groups is 1. The van der Waals surface area contributed by atoms with Gasteiger partial charge in [0.2, 0.25) is 5.91 Å². The molecule has 2 heterocycles. The lowest BCUT2D eigenvalue weighted by molar-refractivity contribution is -0.132. The van der Waals surface area contributed by atoms with Gasteiger partial charge in [-0.2, -0.15) is 0 Å². The van der Waals surface area contributed by atoms with Crippen LogP contribution in [0.5, 0.6) is 0 Å². The van der Waals surface area contributed by atoms with Gasteiger partial charge in [-0.15, -0.1) is 0 Å². The summed E-state index contributed by atoms with van der Waals surface area (Å²) in [6, 6.07) is 7.67. The highest BCUT2D eigenvalue weighted by atomic mass is 16.4. The van der Waals surface area contributed by atoms with Gasteiger partial charge in [0.25, 0.3) is 0 Å². The first kappa shape index (κ1) is 17.3. The molecule has 2 aliphatic rings. The number of nitrogens with zero attached hydrogens (tertiary/aromatic N) is 2. The van der Waals surface area contributed by atoms with E-state index in [0.717, 1.165) is 69.4 Å². The maximum absolute atomic E-state index is 12.3. The van der Waals surface area contributed by atoms with Crippen LogP contribution in [-0.4, -0.2) is 41.9 Å². The molecule has 26 heavy (non-hydrogen) atoms. The minimum atomic E-state index is -0.294. The first-order valence-electron chi connectivity index (χ1n) is 9.71. The van der Waals surface area contributed by atoms with Crippen molar-refractivity contribution < 1.29 is 9.21 Å². The van der Waals surface area contributed by atoms with Crippen LogP contribution in [0.15, 0.2) is 33.5 Å². The molecule has 138 valence electrons. The average Bonchev–Trinajstić information content (AvgIpc) is 3.48. The molecule has 4 rings (SSSR count). The van der Waals surface area contributed by atoms with E-state index in [4.69, 9.17) is 4.42 Å². The van der Waals surface area contributed by atoms with Crippen molar-refractivity contribution in [3.63, 3.8) is 0 Å². The second kappa shape index (κ2) is 7.23. The highest BCUT2D eigenvalue weighted by Gasteiger charge is 2.33. The van der Waals surface area contributed by atoms with Gasteiger partial charge in [0.1, 0.15) is 5.58 Å². The van der Waals surface area contributed by atoms with E-state index in [1.807, 2.05) is 17.0 Å². The van der Waals surface area contributed by atoms with E-state index in [9.17, 15) is 9.59 Å². The van der Waals surface area contributed by atoms with Crippen LogP contribution in [0.3, 0.4) is 0 Å². The van der Waals surface area contributed by atoms with Gasteiger partial charge >= 0.3 is 5.63 Å². The Morgan fingerprint density at radius 3 is 2.77 bits per heavy atom. The number of hydrogen-bond acceptors (Lipinski definition) is 4. The topological polar surface area (TPSA) is 53.8 Å². The third-order valence-corrected chi connectivity index (χ3v) is 5.52. The Morgan fingerprint density at radius 2 is 2.00 bits per heavy atom. The molecule has 0 bridgehead atoms. The minimum absolute atomic E-state index is 0.289. The number of rotatable bonds is 4. The summed E-state index contributed by atoms with van der Waals surface area (Å²) < 4.78 is 5.37. The molecular weight excluding hydrogens is 328 g/mol. The van der Waals surface area contributed by atoms with Crippen LogP contribution in [-0.2, 0) is 17.8 Å². The summed E-state index contributed by atoms with van der Waals surface area (Å²) in [4.78, 5) is 28.7. The van der Waals surface area contributed by atoms with Crippen LogP contribution >= 0.6 is 0 Å². The molecule has 1 aliphatic heterocycles. The molecule has 2 fully saturated rings. The molecule has 1 aliphatic carbocycles. The van der Waals surface area contributed by atoms with Gasteiger partial charge in [-0.3, -0.25) is 9.69 Å². The van der Waals surface area contributed by atoms with E-state index in [1.165, 1.54) is 5.56 Å². The predicted molar refractivity (Wildman–Crippen MR) is 101 cm³/mol. The van der Waals surface area contributed by atoms with Crippen molar-refractivity contribution in [2.24, 2.45) is 5.92 Å². The summed E-state index contributed by atoms with van der Waals surface area (Å²) in [5, 5.41) is 1.03. The average molecular weight is 354 g/mol. The Kier molecular flexibility index (Phi) is 4.81. The Bertz CT molecular complexity index is 869. The smallest absolute Gasteiger partial charge is 0.336 e. The lowest BCUT2D eigenvalue weighted by Crippen LogP contribution is -2.36. The molecule has 0 spiro atoms. The molecule has 0 radical (unpaired) electrons. The zero-order valence-corrected chi connectivity index (χ0v) is 15.4. The third kappa shape index (κ3) is 3.68. The maximum atomic E-state index is 12.3. The molecule has 1 saturated heterocycles. The normalized spacial score (nSPS) is 18.9. The summed E-state index contributed by atoms with van der Waals surface area (Å²) in [5.41, 5.74) is 2.63. The quantitative estimate of drug-likeness (QED) is 0.793. The van der Waals surface area contributed by atoms with E-state index >= 15 is 0 Å². The van der Waals surface area contributed by atoms with Crippen molar-refractivity contribution in [3.8, 4) is 0 Å². The number of carbonyl (C=O) groups excluding carboxylic acids is 1. The summed E-state index contributed by atoms with van der Waals surface area (Å²) in [5.74, 6) is 0.627. The first-order chi connectivity index (χ1) is 12.6. The monoisotopic (exact) mass is 354 g/mol. The fraction of sp³-hybridized carbons (Fsp3) is 0.524. The van der Waals surface area contributed by atoms with Gasteiger partial charge in [0.05, 0.1) is 0 Å². The van der Waals surface area contributed by atoms with Crippen LogP contribution in [0.4, 0.5) is 0 Å². The zero-order chi connectivity index (χ0) is 18.1. The molecule has 5 heteroatoms. The molecule has 1 aromatic heterocycles. The standard InChI is InChI=1S/C21H26N2O3/c1-2-15-4-7-19-18(12-15)17(13-20(24)26-19)14-22-8-3-9-23(11-10-22)21(25)16-5-6-16/h4,7,12-13,16H,2-3,5-6,8-11,14H2,1H3. The molecule has 1 aromatic carbocycles. The van der Waals surface area contributed by atoms with Crippen molar-refractivity contribution in [3.05, 3.63) is 45.8 Å². The summed E-state index contributed by atoms with van der Waals surface area (Å²) in [6.45, 7) is 6.29. The fourth-order valence-electron chi connectivity index (χ4n) is 3.80. The highest BCUT2D eigenvalue weighted by Crippen LogP contribution is 2.31. The first-order valence-corrected chi connectivity index (χ1v) is 9.71. The van der Waals surface area contributed by atoms with Crippen LogP contribution in [0.25, 0.3) is 11.0 Å². The maximum Gasteiger partial charge on any atom is 0.336 e. The van der Waals surface area contributed by atoms with Crippen molar-refractivity contribution in [2.75, 3.05) is 26.2 Å². The second-order valence-electron chi connectivity index (χ2n) is 7.50. The van der Waals surface area contributed by atoms with E-state index in [-0.39, 0.29) is 11.5 Å². The van der Waals surface area contributed by atoms with Crippen LogP contribution in [0.2, 0.25) is 0 Å². The number of benzene rings is 1. The minimum Gasteiger partial charge on any atom is -0.423 e. The Balaban J connectivity index is 1.53. The molecule has 0 atom stereocenters. The molecule has 0 unspecified atom stereocenters. The number of amides is 1. The number of aryl methyl sites for hydroxylation is 1. The van der Waals surface area contributed by atoms with Crippen LogP contribution < -0.4 is 5.63 Å². The molecular formula is C21H26N2O3. The van der Waals surface area contributed by atoms with E-state index in [0.29, 0.717) is 11.5 Å². The van der Waals surface area contributed by atoms with Crippen molar-refractivity contribution in [1.29, 1.82) is 0 Å². The second-order valence-corrected chi connectivity index (χ2v) is 7.50. The molecule has 1 saturated carbocycles. The fourth-order valence-corrected chi connectivity index (χ4v) is 3.80. The molecule has 5 nitrogen and oxygen atoms in total. The third-order valence-electron chi connectivity index (χ3n) is 5.52. The predicted octanol–water partition coefficient (Wildman–Crippen LogP) is 2.80.